The maximum Gasteiger partial charge on any atom is 0.416 e. The largest absolute Gasteiger partial charge is 0.478 e. The highest BCUT2D eigenvalue weighted by Gasteiger charge is 2.30. The van der Waals surface area contributed by atoms with Crippen molar-refractivity contribution in [1.82, 2.24) is 9.99 Å². The van der Waals surface area contributed by atoms with Crippen LogP contribution >= 0.6 is 0 Å². The summed E-state index contributed by atoms with van der Waals surface area (Å²) in [5.41, 5.74) is 6.01. The fourth-order valence-corrected chi connectivity index (χ4v) is 3.58. The van der Waals surface area contributed by atoms with Gasteiger partial charge in [0.15, 0.2) is 0 Å². The number of hydrazone groups is 1. The Kier molecular flexibility index (Phi) is 6.71. The number of hydrogen-bond donors (Lipinski definition) is 2. The molecule has 0 atom stereocenters. The van der Waals surface area contributed by atoms with Gasteiger partial charge in [-0.2, -0.15) is 18.3 Å². The average Bonchev–Trinajstić information content (AvgIpc) is 3.00. The van der Waals surface area contributed by atoms with Crippen molar-refractivity contribution in [3.63, 3.8) is 0 Å². The zero-order chi connectivity index (χ0) is 24.3. The fourth-order valence-electron chi connectivity index (χ4n) is 3.58. The molecule has 1 heterocycles. The SMILES string of the molecule is Cc1cc(C(=O)O)ccc1-n1c(C)cc(/C=N/NC(=O)Cc2cccc(C(F)(F)F)c2)c1C. The lowest BCUT2D eigenvalue weighted by Crippen LogP contribution is -2.20. The van der Waals surface area contributed by atoms with Gasteiger partial charge in [0.05, 0.1) is 23.8 Å². The van der Waals surface area contributed by atoms with Crippen LogP contribution in [-0.4, -0.2) is 27.8 Å². The Hall–Kier alpha value is -3.88. The van der Waals surface area contributed by atoms with Crippen molar-refractivity contribution < 1.29 is 27.9 Å². The van der Waals surface area contributed by atoms with E-state index in [0.29, 0.717) is 0 Å². The third-order valence-corrected chi connectivity index (χ3v) is 5.17. The predicted octanol–water partition coefficient (Wildman–Crippen LogP) is 4.81. The number of aryl methyl sites for hydroxylation is 2. The quantitative estimate of drug-likeness (QED) is 0.412. The van der Waals surface area contributed by atoms with E-state index < -0.39 is 23.6 Å². The second kappa shape index (κ2) is 9.32. The molecule has 1 aromatic heterocycles. The first-order valence-corrected chi connectivity index (χ1v) is 9.98. The van der Waals surface area contributed by atoms with Gasteiger partial charge in [-0.3, -0.25) is 4.79 Å². The molecule has 0 aliphatic heterocycles. The zero-order valence-corrected chi connectivity index (χ0v) is 18.2. The van der Waals surface area contributed by atoms with Crippen LogP contribution in [0.15, 0.2) is 53.6 Å². The van der Waals surface area contributed by atoms with Crippen LogP contribution in [-0.2, 0) is 17.4 Å². The molecular weight excluding hydrogens is 435 g/mol. The van der Waals surface area contributed by atoms with Crippen LogP contribution < -0.4 is 5.43 Å². The van der Waals surface area contributed by atoms with Gasteiger partial charge < -0.3 is 9.67 Å². The fraction of sp³-hybridized carbons (Fsp3) is 0.208. The molecule has 0 saturated heterocycles. The molecule has 0 bridgehead atoms. The lowest BCUT2D eigenvalue weighted by Gasteiger charge is -2.13. The number of amides is 1. The van der Waals surface area contributed by atoms with Crippen LogP contribution in [0.5, 0.6) is 0 Å². The number of benzene rings is 2. The summed E-state index contributed by atoms with van der Waals surface area (Å²) in [7, 11) is 0. The first-order chi connectivity index (χ1) is 15.5. The van der Waals surface area contributed by atoms with E-state index in [1.54, 1.807) is 12.1 Å². The van der Waals surface area contributed by atoms with Crippen molar-refractivity contribution in [3.05, 3.63) is 87.7 Å². The van der Waals surface area contributed by atoms with Gasteiger partial charge in [0.25, 0.3) is 0 Å². The Morgan fingerprint density at radius 1 is 1.09 bits per heavy atom. The Morgan fingerprint density at radius 2 is 1.82 bits per heavy atom. The number of aromatic carboxylic acids is 1. The van der Waals surface area contributed by atoms with Crippen LogP contribution in [0, 0.1) is 20.8 Å². The normalized spacial score (nSPS) is 11.7. The van der Waals surface area contributed by atoms with Crippen molar-refractivity contribution in [1.29, 1.82) is 0 Å². The average molecular weight is 457 g/mol. The third kappa shape index (κ3) is 5.49. The predicted molar refractivity (Wildman–Crippen MR) is 118 cm³/mol. The number of nitrogens with one attached hydrogen (secondary N) is 1. The van der Waals surface area contributed by atoms with Crippen molar-refractivity contribution in [3.8, 4) is 5.69 Å². The number of carbonyl (C=O) groups is 2. The highest BCUT2D eigenvalue weighted by Crippen LogP contribution is 2.29. The van der Waals surface area contributed by atoms with E-state index in [1.165, 1.54) is 24.4 Å². The second-order valence-corrected chi connectivity index (χ2v) is 7.64. The molecule has 0 fully saturated rings. The molecule has 0 aliphatic rings. The third-order valence-electron chi connectivity index (χ3n) is 5.17. The molecule has 3 aromatic rings. The highest BCUT2D eigenvalue weighted by atomic mass is 19.4. The minimum Gasteiger partial charge on any atom is -0.478 e. The van der Waals surface area contributed by atoms with E-state index in [0.717, 1.165) is 40.3 Å². The summed E-state index contributed by atoms with van der Waals surface area (Å²) in [6.07, 6.45) is -3.25. The van der Waals surface area contributed by atoms with Gasteiger partial charge in [-0.15, -0.1) is 0 Å². The molecule has 0 aliphatic carbocycles. The molecule has 6 nitrogen and oxygen atoms in total. The van der Waals surface area contributed by atoms with Crippen molar-refractivity contribution in [2.24, 2.45) is 5.10 Å². The summed E-state index contributed by atoms with van der Waals surface area (Å²) < 4.78 is 40.4. The second-order valence-electron chi connectivity index (χ2n) is 7.64. The molecule has 0 saturated carbocycles. The monoisotopic (exact) mass is 457 g/mol. The number of carboxylic acid groups (broad SMARTS) is 1. The Labute approximate surface area is 188 Å². The van der Waals surface area contributed by atoms with Crippen LogP contribution in [0.25, 0.3) is 5.69 Å². The van der Waals surface area contributed by atoms with Gasteiger partial charge in [0, 0.05) is 22.6 Å². The zero-order valence-electron chi connectivity index (χ0n) is 18.2. The number of hydrogen-bond acceptors (Lipinski definition) is 3. The molecule has 9 heteroatoms. The van der Waals surface area contributed by atoms with E-state index >= 15 is 0 Å². The van der Waals surface area contributed by atoms with Gasteiger partial charge in [0.2, 0.25) is 5.91 Å². The standard InChI is InChI=1S/C24H22F3N3O3/c1-14-9-18(23(32)33)7-8-21(14)30-15(2)10-19(16(30)3)13-28-29-22(31)12-17-5-4-6-20(11-17)24(25,26)27/h4-11,13H,12H2,1-3H3,(H,29,31)(H,32,33)/b28-13+. The van der Waals surface area contributed by atoms with Gasteiger partial charge in [0.1, 0.15) is 0 Å². The smallest absolute Gasteiger partial charge is 0.416 e. The first kappa shape index (κ1) is 23.8. The van der Waals surface area contributed by atoms with Crippen LogP contribution in [0.2, 0.25) is 0 Å². The number of halogens is 3. The number of alkyl halides is 3. The number of carbonyl (C=O) groups excluding carboxylic acids is 1. The lowest BCUT2D eigenvalue weighted by molar-refractivity contribution is -0.137. The number of carboxylic acids is 1. The first-order valence-electron chi connectivity index (χ1n) is 9.98. The van der Waals surface area contributed by atoms with E-state index in [2.05, 4.69) is 10.5 Å². The molecule has 2 aromatic carbocycles. The maximum absolute atomic E-state index is 12.8. The molecule has 0 unspecified atom stereocenters. The van der Waals surface area contributed by atoms with Gasteiger partial charge in [-0.1, -0.05) is 18.2 Å². The molecular formula is C24H22F3N3O3. The van der Waals surface area contributed by atoms with Crippen molar-refractivity contribution >= 4 is 18.1 Å². The summed E-state index contributed by atoms with van der Waals surface area (Å²) in [5.74, 6) is -1.54. The number of rotatable bonds is 6. The molecule has 0 radical (unpaired) electrons. The summed E-state index contributed by atoms with van der Waals surface area (Å²) in [5, 5.41) is 13.1. The molecule has 0 spiro atoms. The van der Waals surface area contributed by atoms with Crippen molar-refractivity contribution in [2.45, 2.75) is 33.4 Å². The highest BCUT2D eigenvalue weighted by molar-refractivity contribution is 5.88. The van der Waals surface area contributed by atoms with E-state index in [-0.39, 0.29) is 17.5 Å². The molecule has 2 N–H and O–H groups in total. The van der Waals surface area contributed by atoms with E-state index in [4.69, 9.17) is 5.11 Å². The Bertz CT molecular complexity index is 1240. The van der Waals surface area contributed by atoms with Gasteiger partial charge >= 0.3 is 12.1 Å². The number of aromatic nitrogens is 1. The molecule has 172 valence electrons. The topological polar surface area (TPSA) is 83.7 Å². The summed E-state index contributed by atoms with van der Waals surface area (Å²) in [6.45, 7) is 5.58. The molecule has 33 heavy (non-hydrogen) atoms. The maximum atomic E-state index is 12.8. The van der Waals surface area contributed by atoms with Crippen LogP contribution in [0.3, 0.4) is 0 Å². The minimum absolute atomic E-state index is 0.198. The Balaban J connectivity index is 1.73. The Morgan fingerprint density at radius 3 is 2.45 bits per heavy atom. The minimum atomic E-state index is -4.47. The summed E-state index contributed by atoms with van der Waals surface area (Å²) in [6, 6.07) is 11.3. The van der Waals surface area contributed by atoms with Crippen LogP contribution in [0.1, 0.15) is 44.0 Å². The molecule has 1 amide bonds. The van der Waals surface area contributed by atoms with Gasteiger partial charge in [-0.05, 0) is 62.2 Å². The lowest BCUT2D eigenvalue weighted by atomic mass is 10.1. The molecule has 3 rings (SSSR count). The van der Waals surface area contributed by atoms with Gasteiger partial charge in [-0.25, -0.2) is 10.2 Å². The van der Waals surface area contributed by atoms with E-state index in [9.17, 15) is 22.8 Å². The summed E-state index contributed by atoms with van der Waals surface area (Å²) >= 11 is 0. The summed E-state index contributed by atoms with van der Waals surface area (Å²) in [4.78, 5) is 23.3. The van der Waals surface area contributed by atoms with E-state index in [1.807, 2.05) is 31.4 Å². The number of nitrogens with zero attached hydrogens (tertiary/aromatic N) is 2. The van der Waals surface area contributed by atoms with Crippen molar-refractivity contribution in [2.75, 3.05) is 0 Å². The van der Waals surface area contributed by atoms with Crippen LogP contribution in [0.4, 0.5) is 13.2 Å².